The van der Waals surface area contributed by atoms with E-state index < -0.39 is 59.7 Å². The van der Waals surface area contributed by atoms with Gasteiger partial charge in [0.15, 0.2) is 0 Å². The van der Waals surface area contributed by atoms with Gasteiger partial charge in [-0.3, -0.25) is 14.3 Å². The highest BCUT2D eigenvalue weighted by atomic mass is 79.9. The molecule has 2 atom stereocenters. The lowest BCUT2D eigenvalue weighted by Crippen LogP contribution is -2.68. The summed E-state index contributed by atoms with van der Waals surface area (Å²) in [5, 5.41) is 0. The number of hydrogen-bond donors (Lipinski definition) is 0. The Kier molecular flexibility index (Phi) is 8.15. The summed E-state index contributed by atoms with van der Waals surface area (Å²) in [5.74, 6) is -26.0. The third-order valence-electron chi connectivity index (χ3n) is 3.76. The smallest absolute Gasteiger partial charge is 0.287 e. The summed E-state index contributed by atoms with van der Waals surface area (Å²) in [6.07, 6.45) is -38.5. The Bertz CT molecular complexity index is 952. The first-order valence-corrected chi connectivity index (χ1v) is 8.79. The van der Waals surface area contributed by atoms with E-state index in [4.69, 9.17) is 0 Å². The van der Waals surface area contributed by atoms with E-state index in [0.717, 1.165) is 0 Å². The van der Waals surface area contributed by atoms with Gasteiger partial charge in [0.25, 0.3) is 0 Å². The maximum atomic E-state index is 14.5. The molecule has 0 unspecified atom stereocenters. The number of ketones is 1. The number of hydrogen-bond acceptors (Lipinski definition) is 3. The Balaban J connectivity index is 3.71. The summed E-state index contributed by atoms with van der Waals surface area (Å²) >= 11 is 2.66. The second-order valence-corrected chi connectivity index (χ2v) is 7.25. The Morgan fingerprint density at radius 1 is 0.583 bits per heavy atom. The monoisotopic (exact) mass is 634 g/mol. The van der Waals surface area contributed by atoms with Crippen LogP contribution in [0.4, 0.5) is 74.6 Å². The van der Waals surface area contributed by atoms with E-state index in [0.29, 0.717) is 12.1 Å². The molecular weight excluding hydrogens is 631 g/mol. The molecule has 0 bridgehead atoms. The Labute approximate surface area is 194 Å². The van der Waals surface area contributed by atoms with Gasteiger partial charge >= 0.3 is 48.4 Å². The molecule has 0 aliphatic heterocycles. The van der Waals surface area contributed by atoms with Crippen molar-refractivity contribution in [1.29, 1.82) is 0 Å². The van der Waals surface area contributed by atoms with E-state index >= 15 is 0 Å². The van der Waals surface area contributed by atoms with Crippen LogP contribution in [-0.4, -0.2) is 54.2 Å². The zero-order chi connectivity index (χ0) is 29.0. The molecule has 0 amide bonds. The fourth-order valence-corrected chi connectivity index (χ4v) is 2.21. The summed E-state index contributed by atoms with van der Waals surface area (Å²) in [4.78, 5) is 11.8. The number of carbonyl (C=O) groups excluding carboxylic acids is 1. The van der Waals surface area contributed by atoms with Gasteiger partial charge in [-0.15, -0.1) is 0 Å². The number of alkyl halides is 17. The molecule has 1 aromatic rings. The van der Waals surface area contributed by atoms with Gasteiger partial charge in [0.2, 0.25) is 5.78 Å². The summed E-state index contributed by atoms with van der Waals surface area (Å²) in [6.45, 7) is 0. The molecule has 0 aliphatic rings. The lowest BCUT2D eigenvalue weighted by atomic mass is 10.0. The van der Waals surface area contributed by atoms with Gasteiger partial charge in [0.1, 0.15) is 0 Å². The fraction of sp³-hybridized carbons (Fsp3) is 0.533. The van der Waals surface area contributed by atoms with Crippen molar-refractivity contribution in [3.05, 3.63) is 34.3 Å². The van der Waals surface area contributed by atoms with Crippen molar-refractivity contribution < 1.29 is 88.9 Å². The van der Waals surface area contributed by atoms with Crippen molar-refractivity contribution in [2.24, 2.45) is 0 Å². The van der Waals surface area contributed by atoms with Gasteiger partial charge in [-0.05, 0) is 12.1 Å². The fourth-order valence-electron chi connectivity index (χ4n) is 1.95. The number of halogens is 18. The zero-order valence-corrected chi connectivity index (χ0v) is 17.4. The molecular formula is C15H4BrF17O3. The quantitative estimate of drug-likeness (QED) is 0.219. The average molecular weight is 635 g/mol. The van der Waals surface area contributed by atoms with Crippen LogP contribution in [0.3, 0.4) is 0 Å². The van der Waals surface area contributed by atoms with Gasteiger partial charge in [0, 0.05) is 10.0 Å². The molecule has 0 aromatic heterocycles. The molecule has 36 heavy (non-hydrogen) atoms. The van der Waals surface area contributed by atoms with E-state index in [-0.39, 0.29) is 16.6 Å². The molecule has 0 saturated carbocycles. The van der Waals surface area contributed by atoms with Crippen LogP contribution in [0.5, 0.6) is 0 Å². The third-order valence-corrected chi connectivity index (χ3v) is 4.29. The van der Waals surface area contributed by atoms with Crippen LogP contribution in [0.15, 0.2) is 28.7 Å². The SMILES string of the molecule is O=C(c1ccc(Br)cc1)[C@@](F)(OC(F)(F)[C@](F)(OC(F)(F)C(F)(F)C(F)(F)F)C(F)(F)F)C(F)(F)F. The maximum absolute atomic E-state index is 14.5. The Morgan fingerprint density at radius 3 is 1.33 bits per heavy atom. The molecule has 1 rings (SSSR count). The van der Waals surface area contributed by atoms with Crippen LogP contribution < -0.4 is 0 Å². The minimum Gasteiger partial charge on any atom is -0.287 e. The molecule has 0 aliphatic carbocycles. The Morgan fingerprint density at radius 2 is 1.00 bits per heavy atom. The highest BCUT2D eigenvalue weighted by Crippen LogP contribution is 2.56. The minimum atomic E-state index is -8.04. The second kappa shape index (κ2) is 9.14. The van der Waals surface area contributed by atoms with Crippen LogP contribution in [-0.2, 0) is 9.47 Å². The highest BCUT2D eigenvalue weighted by Gasteiger charge is 2.85. The van der Waals surface area contributed by atoms with E-state index in [1.807, 2.05) is 4.74 Å². The zero-order valence-electron chi connectivity index (χ0n) is 15.8. The van der Waals surface area contributed by atoms with Crippen molar-refractivity contribution in [1.82, 2.24) is 0 Å². The van der Waals surface area contributed by atoms with Gasteiger partial charge in [-0.2, -0.15) is 74.6 Å². The summed E-state index contributed by atoms with van der Waals surface area (Å²) in [7, 11) is 0. The standard InChI is InChI=1S/C15H4BrF17O3/c16-6-3-1-5(2-4-6)7(34)8(17,11(21,22)23)35-15(32,33)10(20,13(27,28)29)36-14(30,31)9(18,19)12(24,25)26/h1-4H/t8-,10-/m1/s1. The lowest BCUT2D eigenvalue weighted by Gasteiger charge is -2.40. The maximum Gasteiger partial charge on any atom is 0.462 e. The predicted molar refractivity (Wildman–Crippen MR) is 81.3 cm³/mol. The third kappa shape index (κ3) is 5.50. The first-order chi connectivity index (χ1) is 15.6. The van der Waals surface area contributed by atoms with Gasteiger partial charge in [0.05, 0.1) is 0 Å². The number of ether oxygens (including phenoxy) is 2. The predicted octanol–water partition coefficient (Wildman–Crippen LogP) is 7.50. The van der Waals surface area contributed by atoms with Crippen molar-refractivity contribution in [2.45, 2.75) is 48.4 Å². The molecule has 0 spiro atoms. The second-order valence-electron chi connectivity index (χ2n) is 6.33. The molecule has 21 heteroatoms. The van der Waals surface area contributed by atoms with Gasteiger partial charge in [-0.1, -0.05) is 28.1 Å². The van der Waals surface area contributed by atoms with Crippen LogP contribution in [0, 0.1) is 0 Å². The summed E-state index contributed by atoms with van der Waals surface area (Å²) in [6, 6.07) is 1.71. The molecule has 0 radical (unpaired) electrons. The number of carbonyl (C=O) groups is 1. The number of Topliss-reactive ketones (excluding diaryl/α,β-unsaturated/α-hetero) is 1. The van der Waals surface area contributed by atoms with E-state index in [2.05, 4.69) is 15.9 Å². The van der Waals surface area contributed by atoms with Crippen molar-refractivity contribution in [3.8, 4) is 0 Å². The van der Waals surface area contributed by atoms with Crippen LogP contribution in [0.2, 0.25) is 0 Å². The molecule has 0 saturated heterocycles. The molecule has 0 heterocycles. The van der Waals surface area contributed by atoms with E-state index in [1.165, 1.54) is 4.74 Å². The highest BCUT2D eigenvalue weighted by molar-refractivity contribution is 9.10. The van der Waals surface area contributed by atoms with Gasteiger partial charge < -0.3 is 0 Å². The molecule has 1 aromatic carbocycles. The van der Waals surface area contributed by atoms with Crippen molar-refractivity contribution >= 4 is 21.7 Å². The van der Waals surface area contributed by atoms with Crippen molar-refractivity contribution in [3.63, 3.8) is 0 Å². The Hall–Kier alpha value is -1.90. The summed E-state index contributed by atoms with van der Waals surface area (Å²) < 4.78 is 226. The largest absolute Gasteiger partial charge is 0.462 e. The van der Waals surface area contributed by atoms with Crippen LogP contribution in [0.1, 0.15) is 10.4 Å². The molecule has 0 N–H and O–H groups in total. The van der Waals surface area contributed by atoms with E-state index in [1.54, 1.807) is 0 Å². The number of benzene rings is 1. The average Bonchev–Trinajstić information content (AvgIpc) is 2.64. The first-order valence-electron chi connectivity index (χ1n) is 7.99. The topological polar surface area (TPSA) is 35.5 Å². The normalized spacial score (nSPS) is 17.9. The number of rotatable bonds is 8. The first kappa shape index (κ1) is 32.1. The molecule has 3 nitrogen and oxygen atoms in total. The van der Waals surface area contributed by atoms with E-state index in [9.17, 15) is 79.4 Å². The lowest BCUT2D eigenvalue weighted by molar-refractivity contribution is -0.547. The molecule has 208 valence electrons. The minimum absolute atomic E-state index is 0.0668. The van der Waals surface area contributed by atoms with Gasteiger partial charge in [-0.25, -0.2) is 0 Å². The van der Waals surface area contributed by atoms with Crippen LogP contribution in [0.25, 0.3) is 0 Å². The van der Waals surface area contributed by atoms with Crippen LogP contribution >= 0.6 is 15.9 Å². The molecule has 0 fully saturated rings. The summed E-state index contributed by atoms with van der Waals surface area (Å²) in [5.41, 5.74) is -1.61. The van der Waals surface area contributed by atoms with Crippen molar-refractivity contribution in [2.75, 3.05) is 0 Å².